The summed E-state index contributed by atoms with van der Waals surface area (Å²) in [7, 11) is 0. The molecule has 0 saturated carbocycles. The summed E-state index contributed by atoms with van der Waals surface area (Å²) in [6.45, 7) is 4.26. The number of carbonyl (C=O) groups excluding carboxylic acids is 1. The Labute approximate surface area is 164 Å². The summed E-state index contributed by atoms with van der Waals surface area (Å²) in [6, 6.07) is 7.03. The molecule has 0 saturated heterocycles. The first kappa shape index (κ1) is 20.2. The maximum absolute atomic E-state index is 12.1. The van der Waals surface area contributed by atoms with Crippen molar-refractivity contribution in [3.05, 3.63) is 40.3 Å². The van der Waals surface area contributed by atoms with Gasteiger partial charge in [0.1, 0.15) is 5.75 Å². The number of nitrogens with zero attached hydrogens (tertiary/aromatic N) is 2. The number of halogens is 1. The lowest BCUT2D eigenvalue weighted by atomic mass is 10.3. The number of ether oxygens (including phenoxy) is 1. The molecule has 138 valence electrons. The summed E-state index contributed by atoms with van der Waals surface area (Å²) >= 11 is 2.56. The molecular weight excluding hydrogens is 396 g/mol. The largest absolute Gasteiger partial charge is 0.494 e. The number of hydrogen-bond donors (Lipinski definition) is 2. The molecule has 0 spiro atoms. The predicted molar refractivity (Wildman–Crippen MR) is 107 cm³/mol. The first-order valence-corrected chi connectivity index (χ1v) is 9.37. The molecule has 0 fully saturated rings. The van der Waals surface area contributed by atoms with Gasteiger partial charge in [0.2, 0.25) is 5.91 Å². The van der Waals surface area contributed by atoms with E-state index in [2.05, 4.69) is 20.3 Å². The molecule has 0 atom stereocenters. The first-order chi connectivity index (χ1) is 12.0. The fourth-order valence-corrected chi connectivity index (χ4v) is 3.76. The van der Waals surface area contributed by atoms with E-state index in [1.54, 1.807) is 6.92 Å². The second kappa shape index (κ2) is 9.02. The molecule has 1 amide bonds. The minimum atomic E-state index is -0.230. The van der Waals surface area contributed by atoms with Crippen LogP contribution < -0.4 is 15.6 Å². The molecule has 3 rings (SSSR count). The molecule has 2 heterocycles. The highest BCUT2D eigenvalue weighted by Crippen LogP contribution is 2.29. The average molecular weight is 413 g/mol. The maximum atomic E-state index is 12.1. The van der Waals surface area contributed by atoms with Gasteiger partial charge in [-0.3, -0.25) is 9.59 Å². The van der Waals surface area contributed by atoms with Gasteiger partial charge < -0.3 is 15.0 Å². The first-order valence-electron chi connectivity index (χ1n) is 7.57. The van der Waals surface area contributed by atoms with Crippen molar-refractivity contribution >= 4 is 56.8 Å². The normalized spacial score (nSPS) is 10.4. The van der Waals surface area contributed by atoms with Crippen LogP contribution in [0.5, 0.6) is 5.75 Å². The lowest BCUT2D eigenvalue weighted by Crippen LogP contribution is -2.15. The van der Waals surface area contributed by atoms with Crippen LogP contribution in [-0.4, -0.2) is 33.2 Å². The van der Waals surface area contributed by atoms with Crippen LogP contribution in [0.3, 0.4) is 0 Å². The van der Waals surface area contributed by atoms with Crippen molar-refractivity contribution in [3.8, 4) is 5.75 Å². The molecule has 0 unspecified atom stereocenters. The van der Waals surface area contributed by atoms with Crippen LogP contribution in [0.15, 0.2) is 34.2 Å². The number of fused-ring (bicyclic) bond motifs is 1. The van der Waals surface area contributed by atoms with E-state index in [1.165, 1.54) is 29.2 Å². The quantitative estimate of drug-likeness (QED) is 0.476. The van der Waals surface area contributed by atoms with Crippen molar-refractivity contribution in [1.29, 1.82) is 0 Å². The molecule has 0 radical (unpaired) electrons. The Morgan fingerprint density at radius 1 is 1.35 bits per heavy atom. The molecule has 1 aromatic carbocycles. The van der Waals surface area contributed by atoms with Gasteiger partial charge in [0.05, 0.1) is 22.6 Å². The van der Waals surface area contributed by atoms with E-state index in [9.17, 15) is 9.59 Å². The molecule has 0 aliphatic carbocycles. The Morgan fingerprint density at radius 2 is 2.15 bits per heavy atom. The SMILES string of the molecule is CCOc1ccc2nc(NC(=O)CSc3nc(C)cc(=O)[nH]3)sc2c1.Cl. The predicted octanol–water partition coefficient (Wildman–Crippen LogP) is 3.24. The van der Waals surface area contributed by atoms with Gasteiger partial charge >= 0.3 is 0 Å². The zero-order chi connectivity index (χ0) is 17.8. The zero-order valence-electron chi connectivity index (χ0n) is 14.1. The fraction of sp³-hybridized carbons (Fsp3) is 0.250. The van der Waals surface area contributed by atoms with Gasteiger partial charge in [0.25, 0.3) is 5.56 Å². The van der Waals surface area contributed by atoms with E-state index in [4.69, 9.17) is 4.74 Å². The molecule has 3 aromatic rings. The van der Waals surface area contributed by atoms with Gasteiger partial charge in [0.15, 0.2) is 10.3 Å². The third-order valence-corrected chi connectivity index (χ3v) is 4.91. The molecule has 0 aliphatic rings. The monoisotopic (exact) mass is 412 g/mol. The lowest BCUT2D eigenvalue weighted by Gasteiger charge is -2.02. The Bertz CT molecular complexity index is 974. The van der Waals surface area contributed by atoms with Gasteiger partial charge in [-0.2, -0.15) is 0 Å². The number of anilines is 1. The van der Waals surface area contributed by atoms with Gasteiger partial charge in [-0.25, -0.2) is 9.97 Å². The minimum Gasteiger partial charge on any atom is -0.494 e. The number of amides is 1. The summed E-state index contributed by atoms with van der Waals surface area (Å²) in [6.07, 6.45) is 0. The highest BCUT2D eigenvalue weighted by Gasteiger charge is 2.10. The summed E-state index contributed by atoms with van der Waals surface area (Å²) in [5, 5.41) is 3.72. The van der Waals surface area contributed by atoms with Crippen molar-refractivity contribution in [1.82, 2.24) is 15.0 Å². The van der Waals surface area contributed by atoms with Gasteiger partial charge in [-0.15, -0.1) is 12.4 Å². The molecule has 2 aromatic heterocycles. The van der Waals surface area contributed by atoms with E-state index >= 15 is 0 Å². The topological polar surface area (TPSA) is 97.0 Å². The van der Waals surface area contributed by atoms with Crippen LogP contribution >= 0.6 is 35.5 Å². The van der Waals surface area contributed by atoms with Gasteiger partial charge in [-0.1, -0.05) is 23.1 Å². The van der Waals surface area contributed by atoms with Crippen LogP contribution in [0.25, 0.3) is 10.2 Å². The number of hydrogen-bond acceptors (Lipinski definition) is 7. The van der Waals surface area contributed by atoms with E-state index in [-0.39, 0.29) is 29.6 Å². The Kier molecular flexibility index (Phi) is 7.01. The third-order valence-electron chi connectivity index (χ3n) is 3.11. The molecular formula is C16H17ClN4O3S2. The standard InChI is InChI=1S/C16H16N4O3S2.ClH/c1-3-23-10-4-5-11-12(7-10)25-16(18-11)20-14(22)8-24-15-17-9(2)6-13(21)19-15;/h4-7H,3,8H2,1-2H3,(H,17,19,21)(H,18,20,22);1H. The van der Waals surface area contributed by atoms with Crippen molar-refractivity contribution in [3.63, 3.8) is 0 Å². The average Bonchev–Trinajstić information content (AvgIpc) is 2.94. The zero-order valence-corrected chi connectivity index (χ0v) is 16.5. The number of thiazole rings is 1. The highest BCUT2D eigenvalue weighted by atomic mass is 35.5. The second-order valence-corrected chi connectivity index (χ2v) is 7.11. The van der Waals surface area contributed by atoms with Crippen molar-refractivity contribution in [2.45, 2.75) is 19.0 Å². The van der Waals surface area contributed by atoms with Crippen LogP contribution in [0.1, 0.15) is 12.6 Å². The molecule has 7 nitrogen and oxygen atoms in total. The second-order valence-electron chi connectivity index (χ2n) is 5.11. The number of rotatable bonds is 6. The Morgan fingerprint density at radius 3 is 2.88 bits per heavy atom. The van der Waals surface area contributed by atoms with Gasteiger partial charge in [0, 0.05) is 11.8 Å². The number of benzene rings is 1. The van der Waals surface area contributed by atoms with E-state index in [0.717, 1.165) is 16.0 Å². The minimum absolute atomic E-state index is 0. The molecule has 10 heteroatoms. The van der Waals surface area contributed by atoms with Crippen LogP contribution in [0, 0.1) is 6.92 Å². The number of thioether (sulfide) groups is 1. The van der Waals surface area contributed by atoms with Gasteiger partial charge in [-0.05, 0) is 32.0 Å². The van der Waals surface area contributed by atoms with Crippen molar-refractivity contribution < 1.29 is 9.53 Å². The van der Waals surface area contributed by atoms with Crippen LogP contribution in [0.4, 0.5) is 5.13 Å². The van der Waals surface area contributed by atoms with Crippen LogP contribution in [0.2, 0.25) is 0 Å². The highest BCUT2D eigenvalue weighted by molar-refractivity contribution is 7.99. The number of aryl methyl sites for hydroxylation is 1. The summed E-state index contributed by atoms with van der Waals surface area (Å²) in [4.78, 5) is 34.6. The van der Waals surface area contributed by atoms with Crippen molar-refractivity contribution in [2.24, 2.45) is 0 Å². The summed E-state index contributed by atoms with van der Waals surface area (Å²) < 4.78 is 6.41. The maximum Gasteiger partial charge on any atom is 0.251 e. The molecule has 2 N–H and O–H groups in total. The number of H-pyrrole nitrogens is 1. The molecule has 0 aliphatic heterocycles. The lowest BCUT2D eigenvalue weighted by molar-refractivity contribution is -0.113. The number of carbonyl (C=O) groups is 1. The van der Waals surface area contributed by atoms with Crippen LogP contribution in [-0.2, 0) is 4.79 Å². The Hall–Kier alpha value is -2.10. The number of nitrogens with one attached hydrogen (secondary N) is 2. The van der Waals surface area contributed by atoms with Crippen molar-refractivity contribution in [2.75, 3.05) is 17.7 Å². The van der Waals surface area contributed by atoms with E-state index < -0.39 is 0 Å². The van der Waals surface area contributed by atoms with E-state index in [0.29, 0.717) is 22.6 Å². The Balaban J connectivity index is 0.00000243. The summed E-state index contributed by atoms with van der Waals surface area (Å²) in [5.41, 5.74) is 1.19. The third kappa shape index (κ3) is 5.20. The summed E-state index contributed by atoms with van der Waals surface area (Å²) in [5.74, 6) is 0.701. The molecule has 26 heavy (non-hydrogen) atoms. The van der Waals surface area contributed by atoms with E-state index in [1.807, 2.05) is 25.1 Å². The smallest absolute Gasteiger partial charge is 0.251 e. The number of aromatic amines is 1. The molecule has 0 bridgehead atoms. The fourth-order valence-electron chi connectivity index (χ4n) is 2.12. The number of aromatic nitrogens is 3.